The maximum Gasteiger partial charge on any atom is 0.352 e. The number of Topliss-reactive ketones (excluding diaryl/α,β-unsaturated/α-hetero) is 1. The van der Waals surface area contributed by atoms with Crippen LogP contribution in [0.4, 0.5) is 0 Å². The molecule has 5 heteroatoms. The smallest absolute Gasteiger partial charge is 0.294 e. The Kier molecular flexibility index (Phi) is 8.79. The van der Waals surface area contributed by atoms with E-state index in [2.05, 4.69) is 76.7 Å². The van der Waals surface area contributed by atoms with Crippen molar-refractivity contribution in [3.63, 3.8) is 0 Å². The number of hydroxylamine groups is 2. The number of nitriles is 1. The Balaban J connectivity index is 2.06. The summed E-state index contributed by atoms with van der Waals surface area (Å²) >= 11 is 0. The first-order valence-electron chi connectivity index (χ1n) is 15.2. The fraction of sp³-hybridized carbons (Fsp3) is 0.629. The van der Waals surface area contributed by atoms with Gasteiger partial charge in [0, 0.05) is 11.1 Å². The van der Waals surface area contributed by atoms with E-state index < -0.39 is 22.7 Å². The molecular formula is C35H47N3O2. The highest BCUT2D eigenvalue weighted by atomic mass is 16.7. The average molecular weight is 542 g/mol. The molecule has 5 nitrogen and oxygen atoms in total. The third kappa shape index (κ3) is 5.70. The Morgan fingerprint density at radius 3 is 2.15 bits per heavy atom. The highest BCUT2D eigenvalue weighted by Crippen LogP contribution is 2.55. The lowest BCUT2D eigenvalue weighted by atomic mass is 9.67. The minimum atomic E-state index is -0.926. The summed E-state index contributed by atoms with van der Waals surface area (Å²) in [6.07, 6.45) is 9.07. The van der Waals surface area contributed by atoms with Gasteiger partial charge in [0.2, 0.25) is 0 Å². The Labute approximate surface area is 242 Å². The van der Waals surface area contributed by atoms with Gasteiger partial charge >= 0.3 is 5.72 Å². The maximum absolute atomic E-state index is 13.1. The van der Waals surface area contributed by atoms with Gasteiger partial charge in [0.05, 0.1) is 30.4 Å². The van der Waals surface area contributed by atoms with Crippen LogP contribution < -0.4 is 0 Å². The zero-order valence-corrected chi connectivity index (χ0v) is 25.7. The molecule has 2 fully saturated rings. The number of fused-ring (bicyclic) bond motifs is 1. The number of hydrogen-bond donors (Lipinski definition) is 0. The third-order valence-corrected chi connectivity index (χ3v) is 9.22. The van der Waals surface area contributed by atoms with Crippen LogP contribution in [0.25, 0.3) is 16.0 Å². The van der Waals surface area contributed by atoms with Crippen molar-refractivity contribution in [2.75, 3.05) is 0 Å². The standard InChI is InChI=1S/C35H47N3O2/c1-24(2)27-16-15-25(3)31-28(26(4)39)22-30(29(31)21-27)32(34(23-36)17-11-9-12-18-34)38(33(5,6)7)40-35(37-8)19-13-10-14-20-35/h15-16,21-22,24,32H,9-14,17-20H2,1-7H3. The molecule has 1 atom stereocenters. The van der Waals surface area contributed by atoms with Crippen molar-refractivity contribution in [1.29, 1.82) is 5.26 Å². The number of carbonyl (C=O) groups is 1. The van der Waals surface area contributed by atoms with E-state index in [0.717, 1.165) is 73.6 Å². The normalized spacial score (nSPS) is 19.8. The lowest BCUT2D eigenvalue weighted by Gasteiger charge is -2.49. The van der Waals surface area contributed by atoms with Gasteiger partial charge in [-0.1, -0.05) is 57.7 Å². The second-order valence-electron chi connectivity index (χ2n) is 13.6. The zero-order chi connectivity index (χ0) is 29.3. The molecule has 0 aromatic heterocycles. The molecule has 0 heterocycles. The molecule has 0 N–H and O–H groups in total. The van der Waals surface area contributed by atoms with Gasteiger partial charge in [-0.15, -0.1) is 0 Å². The van der Waals surface area contributed by atoms with E-state index in [1.807, 2.05) is 5.06 Å². The summed E-state index contributed by atoms with van der Waals surface area (Å²) in [5.74, 6) is 0.331. The summed E-state index contributed by atoms with van der Waals surface area (Å²) < 4.78 is 0. The summed E-state index contributed by atoms with van der Waals surface area (Å²) in [6.45, 7) is 22.7. The van der Waals surface area contributed by atoms with Crippen LogP contribution in [0, 0.1) is 30.2 Å². The highest BCUT2D eigenvalue weighted by Gasteiger charge is 2.53. The van der Waals surface area contributed by atoms with Crippen molar-refractivity contribution in [2.45, 2.75) is 136 Å². The number of aryl methyl sites for hydroxylation is 1. The van der Waals surface area contributed by atoms with Gasteiger partial charge in [-0.05, 0) is 100 Å². The molecule has 0 saturated heterocycles. The van der Waals surface area contributed by atoms with Gasteiger partial charge in [-0.3, -0.25) is 9.64 Å². The Morgan fingerprint density at radius 1 is 1.05 bits per heavy atom. The fourth-order valence-corrected chi connectivity index (χ4v) is 6.92. The van der Waals surface area contributed by atoms with Gasteiger partial charge in [-0.2, -0.15) is 10.3 Å². The Bertz CT molecular complexity index is 1280. The first-order valence-corrected chi connectivity index (χ1v) is 15.2. The molecule has 0 aromatic carbocycles. The van der Waals surface area contributed by atoms with E-state index in [4.69, 9.17) is 11.4 Å². The summed E-state index contributed by atoms with van der Waals surface area (Å²) in [5, 5.41) is 13.0. The van der Waals surface area contributed by atoms with Crippen molar-refractivity contribution in [2.24, 2.45) is 5.41 Å². The largest absolute Gasteiger partial charge is 0.352 e. The third-order valence-electron chi connectivity index (χ3n) is 9.22. The topological polar surface area (TPSA) is 57.7 Å². The van der Waals surface area contributed by atoms with Gasteiger partial charge in [0.25, 0.3) is 0 Å². The van der Waals surface area contributed by atoms with Crippen LogP contribution in [0.2, 0.25) is 0 Å². The van der Waals surface area contributed by atoms with Gasteiger partial charge in [0.15, 0.2) is 5.78 Å². The molecule has 1 unspecified atom stereocenters. The number of rotatable bonds is 7. The first-order chi connectivity index (χ1) is 18.9. The predicted molar refractivity (Wildman–Crippen MR) is 161 cm³/mol. The fourth-order valence-electron chi connectivity index (χ4n) is 6.92. The molecule has 0 bridgehead atoms. The average Bonchev–Trinajstić information content (AvgIpc) is 3.20. The summed E-state index contributed by atoms with van der Waals surface area (Å²) in [7, 11) is 0. The lowest BCUT2D eigenvalue weighted by Crippen LogP contribution is -2.54. The van der Waals surface area contributed by atoms with E-state index in [1.54, 1.807) is 6.92 Å². The zero-order valence-electron chi connectivity index (χ0n) is 25.7. The predicted octanol–water partition coefficient (Wildman–Crippen LogP) is 9.55. The summed E-state index contributed by atoms with van der Waals surface area (Å²) in [4.78, 5) is 24.2. The molecular weight excluding hydrogens is 494 g/mol. The van der Waals surface area contributed by atoms with Crippen molar-refractivity contribution < 1.29 is 9.63 Å². The molecule has 40 heavy (non-hydrogen) atoms. The van der Waals surface area contributed by atoms with Gasteiger partial charge < -0.3 is 0 Å². The van der Waals surface area contributed by atoms with Gasteiger partial charge in [0.1, 0.15) is 0 Å². The Hall–Kier alpha value is -2.73. The van der Waals surface area contributed by atoms with E-state index in [-0.39, 0.29) is 5.78 Å². The van der Waals surface area contributed by atoms with Crippen molar-refractivity contribution in [1.82, 2.24) is 5.06 Å². The second-order valence-corrected chi connectivity index (χ2v) is 13.6. The van der Waals surface area contributed by atoms with Crippen molar-refractivity contribution >= 4 is 5.78 Å². The molecule has 0 aliphatic heterocycles. The van der Waals surface area contributed by atoms with Crippen molar-refractivity contribution in [3.8, 4) is 17.2 Å². The van der Waals surface area contributed by atoms with Crippen LogP contribution in [-0.4, -0.2) is 22.1 Å². The molecule has 0 radical (unpaired) electrons. The molecule has 0 spiro atoms. The van der Waals surface area contributed by atoms with E-state index >= 15 is 0 Å². The monoisotopic (exact) mass is 541 g/mol. The molecule has 4 aliphatic carbocycles. The van der Waals surface area contributed by atoms with E-state index in [0.29, 0.717) is 24.3 Å². The number of carbonyl (C=O) groups excluding carboxylic acids is 1. The number of hydrogen-bond acceptors (Lipinski definition) is 4. The molecule has 214 valence electrons. The molecule has 4 aliphatic rings. The number of ketones is 1. The molecule has 4 rings (SSSR count). The molecule has 0 amide bonds. The molecule has 0 aromatic rings. The summed E-state index contributed by atoms with van der Waals surface area (Å²) in [5.41, 5.74) is 3.82. The van der Waals surface area contributed by atoms with Crippen LogP contribution in [0.5, 0.6) is 0 Å². The minimum absolute atomic E-state index is 0.0261. The second kappa shape index (κ2) is 11.6. The highest BCUT2D eigenvalue weighted by molar-refractivity contribution is 6.04. The van der Waals surface area contributed by atoms with E-state index in [9.17, 15) is 10.1 Å². The maximum atomic E-state index is 13.1. The van der Waals surface area contributed by atoms with Crippen LogP contribution in [0.15, 0.2) is 24.3 Å². The van der Waals surface area contributed by atoms with Crippen LogP contribution >= 0.6 is 0 Å². The summed E-state index contributed by atoms with van der Waals surface area (Å²) in [6, 6.07) is 11.0. The quantitative estimate of drug-likeness (QED) is 0.199. The lowest BCUT2D eigenvalue weighted by molar-refractivity contribution is -0.311. The first kappa shape index (κ1) is 30.2. The number of nitrogens with zero attached hydrogens (tertiary/aromatic N) is 3. The van der Waals surface area contributed by atoms with Crippen LogP contribution in [0.3, 0.4) is 0 Å². The van der Waals surface area contributed by atoms with Crippen LogP contribution in [0.1, 0.15) is 145 Å². The SMILES string of the molecule is [C-]#[N+]C1(ON(C(c2cc(C(C)=O)c3c(C)ccc(C(C)C)cc2-3)C2(C#N)CCCCC2)C(C)(C)C)CCCCC1. The van der Waals surface area contributed by atoms with Gasteiger partial charge in [-0.25, -0.2) is 11.4 Å². The Morgan fingerprint density at radius 2 is 1.65 bits per heavy atom. The van der Waals surface area contributed by atoms with Crippen LogP contribution in [-0.2, 0) is 4.84 Å². The molecule has 2 saturated carbocycles. The minimum Gasteiger partial charge on any atom is -0.294 e. The van der Waals surface area contributed by atoms with Crippen molar-refractivity contribution in [3.05, 3.63) is 57.9 Å². The van der Waals surface area contributed by atoms with E-state index in [1.165, 1.54) is 5.56 Å².